The van der Waals surface area contributed by atoms with Crippen molar-refractivity contribution in [1.82, 2.24) is 5.32 Å². The van der Waals surface area contributed by atoms with Gasteiger partial charge in [-0.2, -0.15) is 0 Å². The molecule has 0 spiro atoms. The first-order valence-corrected chi connectivity index (χ1v) is 33.7. The van der Waals surface area contributed by atoms with Crippen molar-refractivity contribution < 1.29 is 49.3 Å². The monoisotopic (exact) mass is 1160 g/mol. The zero-order chi connectivity index (χ0) is 60.3. The summed E-state index contributed by atoms with van der Waals surface area (Å²) in [7, 11) is 0. The highest BCUT2D eigenvalue weighted by Gasteiger charge is 2.47. The lowest BCUT2D eigenvalue weighted by Gasteiger charge is -2.41. The standard InChI is InChI=1S/C72H123NO10/c1-4-7-10-13-16-19-22-24-26-28-30-31-32-33-34-35-36-38-40-42-45-48-51-54-57-60-67(77)83-70-69(79)68(78)66(61-74)82-72(70)81-62-63(64(75)58-55-52-49-46-43-21-18-15-12-9-6-3)73-71(80)65(76)59-56-53-50-47-44-41-39-37-29-27-25-23-20-17-14-11-8-5-2/h7,10,16-17,19-20,24-27,30-31,33-34,37,39,55,58,63-66,68-70,72,74-76,78-79H,4-6,8-9,11-15,18,21-23,28-29,32,35-36,38,40-54,56-57,59-62H2,1-3H3,(H,73,80)/b10-7-,19-16-,20-17-,26-24-,27-25-,31-30-,34-33-,39-37-,58-55+. The highest BCUT2D eigenvalue weighted by Crippen LogP contribution is 2.26. The summed E-state index contributed by atoms with van der Waals surface area (Å²) in [5.74, 6) is -1.22. The van der Waals surface area contributed by atoms with E-state index in [0.29, 0.717) is 12.8 Å². The van der Waals surface area contributed by atoms with Gasteiger partial charge in [-0.05, 0) is 109 Å². The zero-order valence-corrected chi connectivity index (χ0v) is 52.8. The molecular weight excluding hydrogens is 1040 g/mol. The van der Waals surface area contributed by atoms with Crippen molar-refractivity contribution in [2.45, 2.75) is 320 Å². The van der Waals surface area contributed by atoms with E-state index in [1.54, 1.807) is 6.08 Å². The van der Waals surface area contributed by atoms with Crippen LogP contribution in [0.25, 0.3) is 0 Å². The fourth-order valence-corrected chi connectivity index (χ4v) is 9.86. The number of carbonyl (C=O) groups is 2. The molecule has 0 radical (unpaired) electrons. The number of ether oxygens (including phenoxy) is 3. The summed E-state index contributed by atoms with van der Waals surface area (Å²) in [4.78, 5) is 26.6. The summed E-state index contributed by atoms with van der Waals surface area (Å²) in [5, 5.41) is 57.1. The molecule has 0 aromatic heterocycles. The Bertz CT molecular complexity index is 1770. The van der Waals surface area contributed by atoms with E-state index in [0.717, 1.165) is 135 Å². The first-order chi connectivity index (χ1) is 40.7. The summed E-state index contributed by atoms with van der Waals surface area (Å²) in [6.07, 6.45) is 69.8. The number of esters is 1. The maximum atomic E-state index is 13.4. The van der Waals surface area contributed by atoms with Crippen LogP contribution in [0.1, 0.15) is 271 Å². The molecule has 1 aliphatic heterocycles. The van der Waals surface area contributed by atoms with Crippen LogP contribution in [0.4, 0.5) is 0 Å². The fraction of sp³-hybridized carbons (Fsp3) is 0.722. The van der Waals surface area contributed by atoms with E-state index in [4.69, 9.17) is 14.2 Å². The second-order valence-electron chi connectivity index (χ2n) is 22.8. The molecule has 1 rings (SSSR count). The summed E-state index contributed by atoms with van der Waals surface area (Å²) < 4.78 is 17.6. The lowest BCUT2D eigenvalue weighted by atomic mass is 9.99. The Labute approximate surface area is 507 Å². The predicted octanol–water partition coefficient (Wildman–Crippen LogP) is 16.8. The number of unbranched alkanes of at least 4 members (excludes halogenated alkanes) is 26. The Morgan fingerprint density at radius 1 is 0.482 bits per heavy atom. The molecule has 11 nitrogen and oxygen atoms in total. The average Bonchev–Trinajstić information content (AvgIpc) is 3.67. The van der Waals surface area contributed by atoms with E-state index in [-0.39, 0.29) is 19.4 Å². The first-order valence-electron chi connectivity index (χ1n) is 33.7. The lowest BCUT2D eigenvalue weighted by Crippen LogP contribution is -2.61. The van der Waals surface area contributed by atoms with Crippen LogP contribution < -0.4 is 5.32 Å². The third-order valence-electron chi connectivity index (χ3n) is 15.2. The third kappa shape index (κ3) is 46.2. The molecule has 83 heavy (non-hydrogen) atoms. The fourth-order valence-electron chi connectivity index (χ4n) is 9.86. The Kier molecular flexibility index (Phi) is 54.7. The van der Waals surface area contributed by atoms with Crippen molar-refractivity contribution in [3.05, 3.63) is 109 Å². The maximum absolute atomic E-state index is 13.4. The molecule has 0 aromatic rings. The van der Waals surface area contributed by atoms with Gasteiger partial charge in [0.1, 0.15) is 24.4 Å². The van der Waals surface area contributed by atoms with Crippen LogP contribution in [0.5, 0.6) is 0 Å². The smallest absolute Gasteiger partial charge is 0.306 e. The predicted molar refractivity (Wildman–Crippen MR) is 347 cm³/mol. The minimum absolute atomic E-state index is 0.109. The molecule has 1 fully saturated rings. The van der Waals surface area contributed by atoms with Crippen LogP contribution in [0.2, 0.25) is 0 Å². The van der Waals surface area contributed by atoms with E-state index in [1.807, 2.05) is 6.08 Å². The van der Waals surface area contributed by atoms with E-state index in [9.17, 15) is 35.1 Å². The minimum Gasteiger partial charge on any atom is -0.454 e. The Morgan fingerprint density at radius 2 is 0.867 bits per heavy atom. The maximum Gasteiger partial charge on any atom is 0.306 e. The van der Waals surface area contributed by atoms with Gasteiger partial charge in [0.25, 0.3) is 0 Å². The number of nitrogens with one attached hydrogen (secondary N) is 1. The number of amides is 1. The molecule has 8 atom stereocenters. The quantitative estimate of drug-likeness (QED) is 0.0195. The van der Waals surface area contributed by atoms with Crippen molar-refractivity contribution in [1.29, 1.82) is 0 Å². The number of hydrogen-bond donors (Lipinski definition) is 6. The third-order valence-corrected chi connectivity index (χ3v) is 15.2. The van der Waals surface area contributed by atoms with Crippen LogP contribution in [0, 0.1) is 0 Å². The van der Waals surface area contributed by atoms with Gasteiger partial charge in [-0.3, -0.25) is 9.59 Å². The summed E-state index contributed by atoms with van der Waals surface area (Å²) in [6, 6.07) is -1.04. The topological polar surface area (TPSA) is 175 Å². The number of carbonyl (C=O) groups excluding carboxylic acids is 2. The molecular formula is C72H123NO10. The molecule has 476 valence electrons. The van der Waals surface area contributed by atoms with E-state index < -0.39 is 67.4 Å². The molecule has 1 amide bonds. The summed E-state index contributed by atoms with van der Waals surface area (Å²) in [5.41, 5.74) is 0. The van der Waals surface area contributed by atoms with Gasteiger partial charge >= 0.3 is 5.97 Å². The number of aliphatic hydroxyl groups excluding tert-OH is 5. The Balaban J connectivity index is 2.60. The second kappa shape index (κ2) is 58.7. The lowest BCUT2D eigenvalue weighted by molar-refractivity contribution is -0.305. The highest BCUT2D eigenvalue weighted by atomic mass is 16.7. The van der Waals surface area contributed by atoms with Crippen molar-refractivity contribution >= 4 is 11.9 Å². The molecule has 8 unspecified atom stereocenters. The van der Waals surface area contributed by atoms with Crippen LogP contribution in [0.3, 0.4) is 0 Å². The van der Waals surface area contributed by atoms with Crippen LogP contribution in [-0.2, 0) is 23.8 Å². The second-order valence-corrected chi connectivity index (χ2v) is 22.8. The Hall–Kier alpha value is -3.68. The number of allylic oxidation sites excluding steroid dienone is 17. The van der Waals surface area contributed by atoms with Gasteiger partial charge < -0.3 is 45.1 Å². The normalized spacial score (nSPS) is 19.3. The van der Waals surface area contributed by atoms with Gasteiger partial charge in [-0.1, -0.05) is 265 Å². The SMILES string of the molecule is CC/C=C\C/C=C\C/C=C\C/C=C\C/C=C\CCCCCCCCCCCC(=O)OC1C(OCC(NC(=O)C(O)CCCCCCC/C=C\C/C=C\C/C=C\CCCCC)C(O)/C=C/CCCCCCCCCCC)OC(CO)C(O)C1O. The minimum atomic E-state index is -1.63. The van der Waals surface area contributed by atoms with Gasteiger partial charge in [-0.25, -0.2) is 0 Å². The largest absolute Gasteiger partial charge is 0.454 e. The van der Waals surface area contributed by atoms with E-state index >= 15 is 0 Å². The molecule has 11 heteroatoms. The Morgan fingerprint density at radius 3 is 1.33 bits per heavy atom. The zero-order valence-electron chi connectivity index (χ0n) is 52.8. The molecule has 0 aromatic carbocycles. The highest BCUT2D eigenvalue weighted by molar-refractivity contribution is 5.80. The molecule has 6 N–H and O–H groups in total. The molecule has 0 bridgehead atoms. The molecule has 1 saturated heterocycles. The molecule has 0 aliphatic carbocycles. The van der Waals surface area contributed by atoms with Crippen LogP contribution in [0.15, 0.2) is 109 Å². The molecule has 0 saturated carbocycles. The summed E-state index contributed by atoms with van der Waals surface area (Å²) in [6.45, 7) is 5.63. The van der Waals surface area contributed by atoms with Crippen molar-refractivity contribution in [2.75, 3.05) is 13.2 Å². The number of hydrogen-bond acceptors (Lipinski definition) is 10. The number of rotatable bonds is 56. The van der Waals surface area contributed by atoms with Gasteiger partial charge in [0.05, 0.1) is 25.4 Å². The van der Waals surface area contributed by atoms with Gasteiger partial charge in [0.2, 0.25) is 5.91 Å². The number of aliphatic hydroxyl groups is 5. The van der Waals surface area contributed by atoms with E-state index in [1.165, 1.54) is 89.9 Å². The van der Waals surface area contributed by atoms with Crippen molar-refractivity contribution in [3.63, 3.8) is 0 Å². The van der Waals surface area contributed by atoms with Gasteiger partial charge in [0.15, 0.2) is 12.4 Å². The van der Waals surface area contributed by atoms with Gasteiger partial charge in [-0.15, -0.1) is 0 Å². The van der Waals surface area contributed by atoms with Crippen LogP contribution in [-0.4, -0.2) is 99.6 Å². The van der Waals surface area contributed by atoms with E-state index in [2.05, 4.69) is 123 Å². The van der Waals surface area contributed by atoms with Crippen molar-refractivity contribution in [2.24, 2.45) is 0 Å². The van der Waals surface area contributed by atoms with Gasteiger partial charge in [0, 0.05) is 6.42 Å². The first kappa shape index (κ1) is 77.3. The average molecular weight is 1160 g/mol. The van der Waals surface area contributed by atoms with Crippen molar-refractivity contribution in [3.8, 4) is 0 Å². The summed E-state index contributed by atoms with van der Waals surface area (Å²) >= 11 is 0. The molecule has 1 heterocycles. The van der Waals surface area contributed by atoms with Crippen LogP contribution >= 0.6 is 0 Å². The molecule has 1 aliphatic rings.